The molecule has 0 spiro atoms. The van der Waals surface area contributed by atoms with E-state index < -0.39 is 0 Å². The number of halogens is 1. The SMILES string of the molecule is Cc1nc(Cl)nc2c1CCSCC2. The van der Waals surface area contributed by atoms with Gasteiger partial charge in [0.1, 0.15) is 0 Å². The molecule has 2 rings (SSSR count). The first kappa shape index (κ1) is 9.28. The molecule has 13 heavy (non-hydrogen) atoms. The lowest BCUT2D eigenvalue weighted by atomic mass is 10.1. The van der Waals surface area contributed by atoms with Crippen molar-refractivity contribution in [1.29, 1.82) is 0 Å². The van der Waals surface area contributed by atoms with Gasteiger partial charge >= 0.3 is 0 Å². The number of nitrogens with zero attached hydrogens (tertiary/aromatic N) is 2. The summed E-state index contributed by atoms with van der Waals surface area (Å²) in [6.07, 6.45) is 2.12. The van der Waals surface area contributed by atoms with E-state index in [1.165, 1.54) is 11.3 Å². The Kier molecular flexibility index (Phi) is 2.74. The molecule has 4 heteroatoms. The largest absolute Gasteiger partial charge is 0.223 e. The molecule has 0 unspecified atom stereocenters. The molecule has 0 aliphatic carbocycles. The van der Waals surface area contributed by atoms with Gasteiger partial charge in [0.15, 0.2) is 0 Å². The quantitative estimate of drug-likeness (QED) is 0.620. The Labute approximate surface area is 87.1 Å². The molecule has 1 aliphatic rings. The van der Waals surface area contributed by atoms with Crippen LogP contribution in [0.25, 0.3) is 0 Å². The fourth-order valence-electron chi connectivity index (χ4n) is 1.60. The number of aromatic nitrogens is 2. The van der Waals surface area contributed by atoms with Crippen molar-refractivity contribution in [2.24, 2.45) is 0 Å². The first-order chi connectivity index (χ1) is 6.27. The molecule has 0 atom stereocenters. The van der Waals surface area contributed by atoms with E-state index in [1.807, 2.05) is 18.7 Å². The van der Waals surface area contributed by atoms with Gasteiger partial charge in [0.25, 0.3) is 0 Å². The van der Waals surface area contributed by atoms with E-state index in [4.69, 9.17) is 11.6 Å². The van der Waals surface area contributed by atoms with Gasteiger partial charge in [-0.2, -0.15) is 11.8 Å². The first-order valence-corrected chi connectivity index (χ1v) is 5.90. The van der Waals surface area contributed by atoms with E-state index in [9.17, 15) is 0 Å². The molecule has 0 radical (unpaired) electrons. The monoisotopic (exact) mass is 214 g/mol. The van der Waals surface area contributed by atoms with Crippen LogP contribution in [0.3, 0.4) is 0 Å². The van der Waals surface area contributed by atoms with Crippen molar-refractivity contribution >= 4 is 23.4 Å². The summed E-state index contributed by atoms with van der Waals surface area (Å²) in [7, 11) is 0. The van der Waals surface area contributed by atoms with Crippen molar-refractivity contribution in [3.8, 4) is 0 Å². The van der Waals surface area contributed by atoms with Crippen LogP contribution in [0.1, 0.15) is 17.0 Å². The standard InChI is InChI=1S/C9H11ClN2S/c1-6-7-2-4-13-5-3-8(7)12-9(10)11-6/h2-5H2,1H3. The number of hydrogen-bond acceptors (Lipinski definition) is 3. The van der Waals surface area contributed by atoms with Crippen LogP contribution < -0.4 is 0 Å². The number of hydrogen-bond donors (Lipinski definition) is 0. The van der Waals surface area contributed by atoms with Crippen LogP contribution in [-0.2, 0) is 12.8 Å². The zero-order chi connectivity index (χ0) is 9.26. The Hall–Kier alpha value is -0.280. The third-order valence-electron chi connectivity index (χ3n) is 2.25. The minimum Gasteiger partial charge on any atom is -0.223 e. The molecular weight excluding hydrogens is 204 g/mol. The molecule has 0 fully saturated rings. The summed E-state index contributed by atoms with van der Waals surface area (Å²) >= 11 is 7.78. The van der Waals surface area contributed by atoms with E-state index in [0.29, 0.717) is 5.28 Å². The van der Waals surface area contributed by atoms with Crippen LogP contribution in [0.2, 0.25) is 5.28 Å². The predicted octanol–water partition coefficient (Wildman–Crippen LogP) is 2.27. The summed E-state index contributed by atoms with van der Waals surface area (Å²) in [6, 6.07) is 0. The van der Waals surface area contributed by atoms with E-state index in [1.54, 1.807) is 0 Å². The molecule has 0 bridgehead atoms. The predicted molar refractivity (Wildman–Crippen MR) is 56.5 cm³/mol. The lowest BCUT2D eigenvalue weighted by molar-refractivity contribution is 0.926. The Balaban J connectivity index is 2.47. The maximum Gasteiger partial charge on any atom is 0.222 e. The highest BCUT2D eigenvalue weighted by Gasteiger charge is 2.13. The molecule has 1 aromatic rings. The van der Waals surface area contributed by atoms with E-state index >= 15 is 0 Å². The molecule has 0 amide bonds. The smallest absolute Gasteiger partial charge is 0.222 e. The van der Waals surface area contributed by atoms with Crippen LogP contribution in [0.15, 0.2) is 0 Å². The number of fused-ring (bicyclic) bond motifs is 1. The molecule has 1 aromatic heterocycles. The number of aryl methyl sites for hydroxylation is 2. The molecule has 0 aromatic carbocycles. The fraction of sp³-hybridized carbons (Fsp3) is 0.556. The second kappa shape index (κ2) is 3.84. The molecule has 0 saturated carbocycles. The van der Waals surface area contributed by atoms with Gasteiger partial charge in [-0.05, 0) is 48.4 Å². The van der Waals surface area contributed by atoms with E-state index in [-0.39, 0.29) is 0 Å². The minimum atomic E-state index is 0.392. The first-order valence-electron chi connectivity index (χ1n) is 4.37. The number of rotatable bonds is 0. The summed E-state index contributed by atoms with van der Waals surface area (Å²) in [4.78, 5) is 8.45. The zero-order valence-electron chi connectivity index (χ0n) is 7.51. The topological polar surface area (TPSA) is 25.8 Å². The highest BCUT2D eigenvalue weighted by molar-refractivity contribution is 7.99. The van der Waals surface area contributed by atoms with Gasteiger partial charge < -0.3 is 0 Å². The lowest BCUT2D eigenvalue weighted by Gasteiger charge is -2.06. The van der Waals surface area contributed by atoms with Crippen LogP contribution >= 0.6 is 23.4 Å². The van der Waals surface area contributed by atoms with Gasteiger partial charge in [-0.3, -0.25) is 0 Å². The Morgan fingerprint density at radius 1 is 1.23 bits per heavy atom. The molecule has 2 heterocycles. The number of thioether (sulfide) groups is 1. The van der Waals surface area contributed by atoms with Gasteiger partial charge in [-0.1, -0.05) is 0 Å². The second-order valence-electron chi connectivity index (χ2n) is 3.12. The Morgan fingerprint density at radius 3 is 2.85 bits per heavy atom. The van der Waals surface area contributed by atoms with Crippen LogP contribution in [-0.4, -0.2) is 21.5 Å². The highest BCUT2D eigenvalue weighted by atomic mass is 35.5. The average Bonchev–Trinajstić information content (AvgIpc) is 2.28. The van der Waals surface area contributed by atoms with Gasteiger partial charge in [0, 0.05) is 11.4 Å². The van der Waals surface area contributed by atoms with E-state index in [2.05, 4.69) is 9.97 Å². The van der Waals surface area contributed by atoms with Crippen LogP contribution in [0.5, 0.6) is 0 Å². The second-order valence-corrected chi connectivity index (χ2v) is 4.68. The van der Waals surface area contributed by atoms with Gasteiger partial charge in [0.2, 0.25) is 5.28 Å². The molecule has 2 nitrogen and oxygen atoms in total. The fourth-order valence-corrected chi connectivity index (χ4v) is 2.71. The van der Waals surface area contributed by atoms with Crippen molar-refractivity contribution in [3.05, 3.63) is 22.2 Å². The minimum absolute atomic E-state index is 0.392. The average molecular weight is 215 g/mol. The van der Waals surface area contributed by atoms with Gasteiger partial charge in [-0.25, -0.2) is 9.97 Å². The van der Waals surface area contributed by atoms with Gasteiger partial charge in [-0.15, -0.1) is 0 Å². The molecular formula is C9H11ClN2S. The molecule has 0 saturated heterocycles. The summed E-state index contributed by atoms with van der Waals surface area (Å²) in [5.41, 5.74) is 3.52. The van der Waals surface area contributed by atoms with Crippen molar-refractivity contribution in [2.75, 3.05) is 11.5 Å². The van der Waals surface area contributed by atoms with Gasteiger partial charge in [0.05, 0.1) is 0 Å². The zero-order valence-corrected chi connectivity index (χ0v) is 9.08. The normalized spacial score (nSPS) is 16.5. The Morgan fingerprint density at radius 2 is 2.00 bits per heavy atom. The highest BCUT2D eigenvalue weighted by Crippen LogP contribution is 2.21. The van der Waals surface area contributed by atoms with Crippen LogP contribution in [0.4, 0.5) is 0 Å². The molecule has 0 N–H and O–H groups in total. The lowest BCUT2D eigenvalue weighted by Crippen LogP contribution is -2.03. The van der Waals surface area contributed by atoms with Crippen molar-refractivity contribution < 1.29 is 0 Å². The maximum atomic E-state index is 5.81. The molecule has 70 valence electrons. The third-order valence-corrected chi connectivity index (χ3v) is 3.41. The Bertz CT molecular complexity index is 328. The summed E-state index contributed by atoms with van der Waals surface area (Å²) in [6.45, 7) is 2.02. The summed E-state index contributed by atoms with van der Waals surface area (Å²) < 4.78 is 0. The third kappa shape index (κ3) is 1.97. The van der Waals surface area contributed by atoms with Crippen molar-refractivity contribution in [1.82, 2.24) is 9.97 Å². The van der Waals surface area contributed by atoms with Crippen molar-refractivity contribution in [3.63, 3.8) is 0 Å². The van der Waals surface area contributed by atoms with Crippen LogP contribution in [0, 0.1) is 6.92 Å². The van der Waals surface area contributed by atoms with E-state index in [0.717, 1.165) is 30.0 Å². The summed E-state index contributed by atoms with van der Waals surface area (Å²) in [5.74, 6) is 2.33. The molecule has 1 aliphatic heterocycles. The maximum absolute atomic E-state index is 5.81. The summed E-state index contributed by atoms with van der Waals surface area (Å²) in [5, 5.41) is 0.392. The van der Waals surface area contributed by atoms with Crippen molar-refractivity contribution in [2.45, 2.75) is 19.8 Å².